The fraction of sp³-hybridized carbons (Fsp3) is 0.654. The number of hydrogen-bond acceptors (Lipinski definition) is 8. The molecule has 16 heteroatoms. The highest BCUT2D eigenvalue weighted by Crippen LogP contribution is 2.38. The summed E-state index contributed by atoms with van der Waals surface area (Å²) in [5, 5.41) is 16.0. The van der Waals surface area contributed by atoms with E-state index in [1.807, 2.05) is 0 Å². The number of nitrogens with one attached hydrogen (secondary N) is 4. The summed E-state index contributed by atoms with van der Waals surface area (Å²) in [7, 11) is -4.19. The number of hydrazine groups is 1. The van der Waals surface area contributed by atoms with Crippen molar-refractivity contribution in [3.05, 3.63) is 32.8 Å². The lowest BCUT2D eigenvalue weighted by Crippen LogP contribution is -2.51. The molecule has 2 aliphatic heterocycles. The molecule has 0 radical (unpaired) electrons. The number of piperidine rings is 1. The Labute approximate surface area is 251 Å². The van der Waals surface area contributed by atoms with Crippen LogP contribution in [0.5, 0.6) is 0 Å². The molecule has 1 saturated heterocycles. The summed E-state index contributed by atoms with van der Waals surface area (Å²) in [6.07, 6.45) is 3.25. The minimum atomic E-state index is -4.19. The molecule has 0 aromatic heterocycles. The van der Waals surface area contributed by atoms with Crippen LogP contribution in [0.25, 0.3) is 0 Å². The lowest BCUT2D eigenvalue weighted by molar-refractivity contribution is -0.525. The first-order valence-corrected chi connectivity index (χ1v) is 15.9. The van der Waals surface area contributed by atoms with E-state index in [-0.39, 0.29) is 52.5 Å². The van der Waals surface area contributed by atoms with Gasteiger partial charge in [-0.25, -0.2) is 23.5 Å². The summed E-state index contributed by atoms with van der Waals surface area (Å²) >= 11 is 6.34. The Hall–Kier alpha value is -3.17. The summed E-state index contributed by atoms with van der Waals surface area (Å²) in [6, 6.07) is 2.04. The Morgan fingerprint density at radius 3 is 2.64 bits per heavy atom. The van der Waals surface area contributed by atoms with Gasteiger partial charge in [-0.05, 0) is 67.6 Å². The molecule has 0 aliphatic carbocycles. The molecule has 14 nitrogen and oxygen atoms in total. The quantitative estimate of drug-likeness (QED) is 0.0749. The van der Waals surface area contributed by atoms with Crippen molar-refractivity contribution in [3.63, 3.8) is 0 Å². The number of anilines is 1. The predicted octanol–water partition coefficient (Wildman–Crippen LogP) is 1.62. The maximum atomic E-state index is 13.8. The van der Waals surface area contributed by atoms with E-state index < -0.39 is 21.1 Å². The first kappa shape index (κ1) is 33.3. The zero-order valence-corrected chi connectivity index (χ0v) is 25.8. The van der Waals surface area contributed by atoms with E-state index in [2.05, 4.69) is 34.2 Å². The van der Waals surface area contributed by atoms with Crippen LogP contribution >= 0.6 is 11.6 Å². The maximum absolute atomic E-state index is 13.8. The molecule has 1 fully saturated rings. The monoisotopic (exact) mass is 628 g/mol. The molecule has 0 bridgehead atoms. The number of nitro groups is 1. The fourth-order valence-electron chi connectivity index (χ4n) is 5.32. The smallest absolute Gasteiger partial charge is 0.251 e. The van der Waals surface area contributed by atoms with Crippen LogP contribution in [0.2, 0.25) is 5.02 Å². The van der Waals surface area contributed by atoms with E-state index in [0.29, 0.717) is 44.2 Å². The number of halogens is 1. The van der Waals surface area contributed by atoms with Gasteiger partial charge in [0.1, 0.15) is 10.9 Å². The molecule has 1 atom stereocenters. The van der Waals surface area contributed by atoms with Gasteiger partial charge >= 0.3 is 0 Å². The van der Waals surface area contributed by atoms with Gasteiger partial charge in [0.05, 0.1) is 5.69 Å². The molecule has 42 heavy (non-hydrogen) atoms. The number of sulfonamides is 1. The number of benzene rings is 1. The lowest BCUT2D eigenvalue weighted by atomic mass is 9.82. The van der Waals surface area contributed by atoms with Gasteiger partial charge in [-0.2, -0.15) is 4.72 Å². The number of nitrogens with two attached hydrogens (primary N) is 1. The number of carbonyl (C=O) groups is 2. The van der Waals surface area contributed by atoms with Gasteiger partial charge in [0, 0.05) is 44.7 Å². The molecular formula is C26H41ClN8O6S. The standard InChI is InChI=1S/C26H41ClN8O6S/c1-17(36)29-10-6-18-7-11-34(12-8-18)24(37)21(5-4-9-30-25(28)32-35(38)39)33-42(40,41)22-14-20(27)13-19-15-26(2,3)16-31-23(19)22/h13-14,18,21,31,33H,4-12,15-16H2,1-3H3,(H,29,36)(H3,28,30,32). The van der Waals surface area contributed by atoms with Crippen molar-refractivity contribution in [1.29, 1.82) is 0 Å². The van der Waals surface area contributed by atoms with Gasteiger partial charge in [-0.15, -0.1) is 0 Å². The van der Waals surface area contributed by atoms with Crippen molar-refractivity contribution in [2.24, 2.45) is 22.1 Å². The molecule has 0 spiro atoms. The van der Waals surface area contributed by atoms with E-state index in [0.717, 1.165) is 24.8 Å². The summed E-state index contributed by atoms with van der Waals surface area (Å²) in [5.41, 5.74) is 8.39. The summed E-state index contributed by atoms with van der Waals surface area (Å²) in [5.74, 6) is -0.484. The Bertz CT molecular complexity index is 1300. The predicted molar refractivity (Wildman–Crippen MR) is 160 cm³/mol. The van der Waals surface area contributed by atoms with Gasteiger partial charge in [0.2, 0.25) is 21.8 Å². The number of likely N-dealkylation sites (tertiary alicyclic amines) is 1. The van der Waals surface area contributed by atoms with Gasteiger partial charge in [0.25, 0.3) is 5.96 Å². The topological polar surface area (TPSA) is 201 Å². The Morgan fingerprint density at radius 1 is 1.31 bits per heavy atom. The van der Waals surface area contributed by atoms with Gasteiger partial charge in [-0.1, -0.05) is 30.9 Å². The summed E-state index contributed by atoms with van der Waals surface area (Å²) in [4.78, 5) is 40.9. The van der Waals surface area contributed by atoms with Gasteiger partial charge < -0.3 is 21.3 Å². The largest absolute Gasteiger partial charge is 0.383 e. The van der Waals surface area contributed by atoms with E-state index in [4.69, 9.17) is 17.3 Å². The highest BCUT2D eigenvalue weighted by Gasteiger charge is 2.35. The number of nitrogens with zero attached hydrogens (tertiary/aromatic N) is 3. The van der Waals surface area contributed by atoms with Crippen LogP contribution in [0.4, 0.5) is 5.69 Å². The van der Waals surface area contributed by atoms with Crippen molar-refractivity contribution in [2.75, 3.05) is 38.0 Å². The third-order valence-corrected chi connectivity index (χ3v) is 9.15. The molecule has 3 rings (SSSR count). The first-order chi connectivity index (χ1) is 19.7. The minimum absolute atomic E-state index is 0.0209. The second kappa shape index (κ2) is 14.3. The van der Waals surface area contributed by atoms with E-state index >= 15 is 0 Å². The van der Waals surface area contributed by atoms with E-state index in [1.54, 1.807) is 16.4 Å². The second-order valence-corrected chi connectivity index (χ2v) is 13.7. The maximum Gasteiger partial charge on any atom is 0.251 e. The Morgan fingerprint density at radius 2 is 2.00 bits per heavy atom. The van der Waals surface area contributed by atoms with Crippen LogP contribution in [0.3, 0.4) is 0 Å². The number of amides is 2. The van der Waals surface area contributed by atoms with Gasteiger partial charge in [0.15, 0.2) is 5.03 Å². The first-order valence-electron chi connectivity index (χ1n) is 14.0. The molecule has 2 heterocycles. The molecule has 0 saturated carbocycles. The number of aliphatic imine (C=N–C) groups is 1. The van der Waals surface area contributed by atoms with E-state index in [9.17, 15) is 28.1 Å². The lowest BCUT2D eigenvalue weighted by Gasteiger charge is -2.35. The van der Waals surface area contributed by atoms with Crippen molar-refractivity contribution in [1.82, 2.24) is 20.4 Å². The summed E-state index contributed by atoms with van der Waals surface area (Å²) in [6.45, 7) is 7.73. The normalized spacial score (nSPS) is 18.0. The molecule has 234 valence electrons. The van der Waals surface area contributed by atoms with Crippen LogP contribution < -0.4 is 26.5 Å². The third kappa shape index (κ3) is 9.70. The van der Waals surface area contributed by atoms with Crippen molar-refractivity contribution < 1.29 is 23.0 Å². The van der Waals surface area contributed by atoms with Crippen LogP contribution in [0.15, 0.2) is 22.0 Å². The summed E-state index contributed by atoms with van der Waals surface area (Å²) < 4.78 is 30.1. The SMILES string of the molecule is CC(=O)NCCC1CCN(C(=O)C(CCCN=C(N)N[N+](=O)[O-])NS(=O)(=O)c2cc(Cl)cc3c2NCC(C)(C)C3)CC1. The zero-order valence-electron chi connectivity index (χ0n) is 24.2. The molecule has 2 aliphatic rings. The number of hydrogen-bond donors (Lipinski definition) is 5. The van der Waals surface area contributed by atoms with Crippen LogP contribution in [0.1, 0.15) is 58.4 Å². The average molecular weight is 629 g/mol. The molecule has 6 N–H and O–H groups in total. The van der Waals surface area contributed by atoms with E-state index in [1.165, 1.54) is 13.0 Å². The Balaban J connectivity index is 1.77. The van der Waals surface area contributed by atoms with Crippen LogP contribution in [0, 0.1) is 21.4 Å². The zero-order chi connectivity index (χ0) is 31.1. The third-order valence-electron chi connectivity index (χ3n) is 7.44. The highest BCUT2D eigenvalue weighted by molar-refractivity contribution is 7.89. The molecular weight excluding hydrogens is 588 g/mol. The number of guanidine groups is 1. The average Bonchev–Trinajstić information content (AvgIpc) is 2.88. The molecule has 1 unspecified atom stereocenters. The molecule has 1 aromatic rings. The van der Waals surface area contributed by atoms with Crippen molar-refractivity contribution in [2.45, 2.75) is 70.2 Å². The highest BCUT2D eigenvalue weighted by atomic mass is 35.5. The van der Waals surface area contributed by atoms with Gasteiger partial charge in [-0.3, -0.25) is 9.59 Å². The molecule has 1 aromatic carbocycles. The molecule has 2 amide bonds. The van der Waals surface area contributed by atoms with Crippen LogP contribution in [-0.4, -0.2) is 74.9 Å². The van der Waals surface area contributed by atoms with Crippen molar-refractivity contribution in [3.8, 4) is 0 Å². The van der Waals surface area contributed by atoms with Crippen LogP contribution in [-0.2, 0) is 26.0 Å². The fourth-order valence-corrected chi connectivity index (χ4v) is 7.10. The second-order valence-electron chi connectivity index (χ2n) is 11.6. The number of rotatable bonds is 12. The number of carbonyl (C=O) groups excluding carboxylic acids is 2. The minimum Gasteiger partial charge on any atom is -0.383 e. The van der Waals surface area contributed by atoms with Crippen molar-refractivity contribution >= 4 is 45.1 Å². The number of fused-ring (bicyclic) bond motifs is 1. The Kier molecular flexibility index (Phi) is 11.4.